The molecule has 1 unspecified atom stereocenters. The molecular weight excluding hydrogens is 416 g/mol. The van der Waals surface area contributed by atoms with Crippen molar-refractivity contribution in [1.82, 2.24) is 4.98 Å². The van der Waals surface area contributed by atoms with Gasteiger partial charge in [-0.15, -0.1) is 0 Å². The molecule has 5 rings (SSSR count). The lowest BCUT2D eigenvalue weighted by molar-refractivity contribution is -0.132. The highest BCUT2D eigenvalue weighted by molar-refractivity contribution is 6.51. The molecule has 1 amide bonds. The highest BCUT2D eigenvalue weighted by atomic mass is 16.5. The van der Waals surface area contributed by atoms with Gasteiger partial charge in [-0.2, -0.15) is 0 Å². The number of aryl methyl sites for hydroxylation is 1. The van der Waals surface area contributed by atoms with Crippen molar-refractivity contribution in [3.63, 3.8) is 0 Å². The summed E-state index contributed by atoms with van der Waals surface area (Å²) in [5, 5.41) is 12.2. The van der Waals surface area contributed by atoms with E-state index in [4.69, 9.17) is 4.74 Å². The van der Waals surface area contributed by atoms with Crippen molar-refractivity contribution >= 4 is 34.0 Å². The number of aromatic amines is 1. The number of benzene rings is 3. The zero-order valence-corrected chi connectivity index (χ0v) is 18.2. The van der Waals surface area contributed by atoms with Crippen molar-refractivity contribution in [2.75, 3.05) is 12.0 Å². The summed E-state index contributed by atoms with van der Waals surface area (Å²) in [6, 6.07) is 21.2. The van der Waals surface area contributed by atoms with Crippen molar-refractivity contribution in [1.29, 1.82) is 0 Å². The Kier molecular flexibility index (Phi) is 4.98. The maximum Gasteiger partial charge on any atom is 0.300 e. The molecule has 6 heteroatoms. The van der Waals surface area contributed by atoms with Gasteiger partial charge in [-0.25, -0.2) is 0 Å². The van der Waals surface area contributed by atoms with Crippen LogP contribution < -0.4 is 9.64 Å². The van der Waals surface area contributed by atoms with Gasteiger partial charge in [0.05, 0.1) is 18.7 Å². The summed E-state index contributed by atoms with van der Waals surface area (Å²) in [4.78, 5) is 31.2. The minimum Gasteiger partial charge on any atom is -0.507 e. The number of ketones is 1. The number of H-pyrrole nitrogens is 1. The molecule has 1 saturated heterocycles. The Hall–Kier alpha value is -4.32. The topological polar surface area (TPSA) is 82.6 Å². The number of ether oxygens (including phenoxy) is 1. The number of rotatable bonds is 4. The number of nitrogens with zero attached hydrogens (tertiary/aromatic N) is 1. The number of nitrogens with one attached hydrogen (secondary N) is 1. The minimum absolute atomic E-state index is 0.0230. The quantitative estimate of drug-likeness (QED) is 0.263. The first-order chi connectivity index (χ1) is 16.0. The first kappa shape index (κ1) is 20.6. The van der Waals surface area contributed by atoms with Gasteiger partial charge in [-0.1, -0.05) is 54.1 Å². The molecule has 1 atom stereocenters. The molecule has 2 N–H and O–H groups in total. The summed E-state index contributed by atoms with van der Waals surface area (Å²) < 4.78 is 5.56. The summed E-state index contributed by atoms with van der Waals surface area (Å²) in [6.07, 6.45) is 1.65. The lowest BCUT2D eigenvalue weighted by Crippen LogP contribution is -2.29. The first-order valence-corrected chi connectivity index (χ1v) is 10.6. The summed E-state index contributed by atoms with van der Waals surface area (Å²) in [6.45, 7) is 1.95. The summed E-state index contributed by atoms with van der Waals surface area (Å²) >= 11 is 0. The minimum atomic E-state index is -0.850. The molecule has 2 heterocycles. The summed E-state index contributed by atoms with van der Waals surface area (Å²) in [7, 11) is 1.54. The normalized spacial score (nSPS) is 17.6. The monoisotopic (exact) mass is 438 g/mol. The lowest BCUT2D eigenvalue weighted by atomic mass is 9.94. The standard InChI is InChI=1S/C27H22N2O4/c1-16-11-13-17(14-12-16)29-24(19-8-4-6-10-22(19)33-2)23(26(31)27(29)32)25(30)20-15-28-21-9-5-3-7-18(20)21/h3-15,24,28,30H,1-2H3/b25-23+. The van der Waals surface area contributed by atoms with Gasteiger partial charge in [0.2, 0.25) is 0 Å². The summed E-state index contributed by atoms with van der Waals surface area (Å²) in [5.41, 5.74) is 3.52. The van der Waals surface area contributed by atoms with E-state index in [1.165, 1.54) is 12.0 Å². The highest BCUT2D eigenvalue weighted by Crippen LogP contribution is 2.45. The second-order valence-corrected chi connectivity index (χ2v) is 7.99. The number of aromatic nitrogens is 1. The number of para-hydroxylation sites is 2. The molecule has 164 valence electrons. The number of anilines is 1. The van der Waals surface area contributed by atoms with E-state index in [0.717, 1.165) is 16.5 Å². The fourth-order valence-corrected chi connectivity index (χ4v) is 4.40. The van der Waals surface area contributed by atoms with E-state index in [0.29, 0.717) is 22.6 Å². The Morgan fingerprint density at radius 3 is 2.42 bits per heavy atom. The SMILES string of the molecule is COc1ccccc1C1/C(=C(\O)c2c[nH]c3ccccc23)C(=O)C(=O)N1c1ccc(C)cc1. The molecule has 0 bridgehead atoms. The Morgan fingerprint density at radius 2 is 1.67 bits per heavy atom. The number of hydrogen-bond acceptors (Lipinski definition) is 4. The second kappa shape index (κ2) is 7.98. The largest absolute Gasteiger partial charge is 0.507 e. The zero-order valence-electron chi connectivity index (χ0n) is 18.2. The predicted molar refractivity (Wildman–Crippen MR) is 127 cm³/mol. The average Bonchev–Trinajstić information content (AvgIpc) is 3.38. The number of aliphatic hydroxyl groups excluding tert-OH is 1. The van der Waals surface area contributed by atoms with Crippen molar-refractivity contribution in [2.24, 2.45) is 0 Å². The van der Waals surface area contributed by atoms with Gasteiger partial charge in [0.25, 0.3) is 11.7 Å². The zero-order chi connectivity index (χ0) is 23.1. The first-order valence-electron chi connectivity index (χ1n) is 10.6. The molecule has 1 fully saturated rings. The average molecular weight is 438 g/mol. The lowest BCUT2D eigenvalue weighted by Gasteiger charge is -2.26. The van der Waals surface area contributed by atoms with Crippen LogP contribution in [0.5, 0.6) is 5.75 Å². The maximum absolute atomic E-state index is 13.4. The Balaban J connectivity index is 1.78. The molecular formula is C27H22N2O4. The van der Waals surface area contributed by atoms with Crippen molar-refractivity contribution in [3.8, 4) is 5.75 Å². The number of amides is 1. The number of carbonyl (C=O) groups is 2. The van der Waals surface area contributed by atoms with E-state index in [1.807, 2.05) is 55.5 Å². The van der Waals surface area contributed by atoms with Crippen molar-refractivity contribution < 1.29 is 19.4 Å². The van der Waals surface area contributed by atoms with Crippen LogP contribution in [-0.4, -0.2) is 28.9 Å². The van der Waals surface area contributed by atoms with Gasteiger partial charge in [0, 0.05) is 33.9 Å². The molecule has 1 aliphatic heterocycles. The van der Waals surface area contributed by atoms with Crippen LogP contribution in [0.3, 0.4) is 0 Å². The number of aliphatic hydroxyl groups is 1. The molecule has 0 aliphatic carbocycles. The Labute approximate surface area is 190 Å². The molecule has 33 heavy (non-hydrogen) atoms. The molecule has 1 aliphatic rings. The van der Waals surface area contributed by atoms with Crippen LogP contribution >= 0.6 is 0 Å². The fraction of sp³-hybridized carbons (Fsp3) is 0.111. The maximum atomic E-state index is 13.4. The number of carbonyl (C=O) groups excluding carboxylic acids is 2. The van der Waals surface area contributed by atoms with Crippen molar-refractivity contribution in [2.45, 2.75) is 13.0 Å². The van der Waals surface area contributed by atoms with E-state index in [-0.39, 0.29) is 11.3 Å². The van der Waals surface area contributed by atoms with Crippen LogP contribution in [0.2, 0.25) is 0 Å². The molecule has 6 nitrogen and oxygen atoms in total. The van der Waals surface area contributed by atoms with Crippen LogP contribution in [0.15, 0.2) is 84.6 Å². The van der Waals surface area contributed by atoms with Gasteiger partial charge in [0.1, 0.15) is 11.5 Å². The van der Waals surface area contributed by atoms with Gasteiger partial charge < -0.3 is 14.8 Å². The van der Waals surface area contributed by atoms with Gasteiger partial charge >= 0.3 is 0 Å². The van der Waals surface area contributed by atoms with Crippen LogP contribution in [0.4, 0.5) is 5.69 Å². The third-order valence-electron chi connectivity index (χ3n) is 6.03. The third-order valence-corrected chi connectivity index (χ3v) is 6.03. The van der Waals surface area contributed by atoms with E-state index < -0.39 is 17.7 Å². The molecule has 0 saturated carbocycles. The van der Waals surface area contributed by atoms with Crippen LogP contribution in [0.25, 0.3) is 16.7 Å². The Morgan fingerprint density at radius 1 is 0.970 bits per heavy atom. The van der Waals surface area contributed by atoms with Gasteiger partial charge in [0.15, 0.2) is 0 Å². The fourth-order valence-electron chi connectivity index (χ4n) is 4.40. The number of Topliss-reactive ketones (excluding diaryl/α,β-unsaturated/α-hetero) is 1. The van der Waals surface area contributed by atoms with E-state index >= 15 is 0 Å². The predicted octanol–water partition coefficient (Wildman–Crippen LogP) is 5.11. The molecule has 0 radical (unpaired) electrons. The van der Waals surface area contributed by atoms with E-state index in [9.17, 15) is 14.7 Å². The van der Waals surface area contributed by atoms with E-state index in [2.05, 4.69) is 4.98 Å². The van der Waals surface area contributed by atoms with Gasteiger partial charge in [-0.05, 0) is 31.2 Å². The number of methoxy groups -OCH3 is 1. The molecule has 4 aromatic rings. The number of hydrogen-bond donors (Lipinski definition) is 2. The molecule has 1 aromatic heterocycles. The Bertz CT molecular complexity index is 1420. The van der Waals surface area contributed by atoms with E-state index in [1.54, 1.807) is 30.5 Å². The smallest absolute Gasteiger partial charge is 0.300 e. The molecule has 0 spiro atoms. The number of fused-ring (bicyclic) bond motifs is 1. The highest BCUT2D eigenvalue weighted by Gasteiger charge is 2.48. The van der Waals surface area contributed by atoms with Crippen LogP contribution in [0.1, 0.15) is 22.7 Å². The van der Waals surface area contributed by atoms with Crippen LogP contribution in [0, 0.1) is 6.92 Å². The second-order valence-electron chi connectivity index (χ2n) is 7.99. The van der Waals surface area contributed by atoms with Crippen LogP contribution in [-0.2, 0) is 9.59 Å². The summed E-state index contributed by atoms with van der Waals surface area (Å²) in [5.74, 6) is -1.15. The van der Waals surface area contributed by atoms with Gasteiger partial charge in [-0.3, -0.25) is 14.5 Å². The molecule has 3 aromatic carbocycles. The van der Waals surface area contributed by atoms with Crippen molar-refractivity contribution in [3.05, 3.63) is 101 Å². The third kappa shape index (κ3) is 3.27.